The number of phenolic OH excluding ortho intramolecular Hbond substituents is 1. The van der Waals surface area contributed by atoms with Gasteiger partial charge in [0.1, 0.15) is 5.75 Å². The van der Waals surface area contributed by atoms with Gasteiger partial charge in [-0.25, -0.2) is 0 Å². The molecular weight excluding hydrogens is 202 g/mol. The van der Waals surface area contributed by atoms with E-state index >= 15 is 0 Å². The summed E-state index contributed by atoms with van der Waals surface area (Å²) in [5.41, 5.74) is 0.696. The summed E-state index contributed by atoms with van der Waals surface area (Å²) in [7, 11) is 0. The fourth-order valence-corrected chi connectivity index (χ4v) is 1.66. The first kappa shape index (κ1) is 12.6. The van der Waals surface area contributed by atoms with Gasteiger partial charge in [0, 0.05) is 18.7 Å². The molecule has 0 radical (unpaired) electrons. The van der Waals surface area contributed by atoms with Gasteiger partial charge in [0.2, 0.25) is 5.91 Å². The first-order chi connectivity index (χ1) is 7.69. The molecule has 1 N–H and O–H groups in total. The Hall–Kier alpha value is -1.51. The highest BCUT2D eigenvalue weighted by Crippen LogP contribution is 2.16. The summed E-state index contributed by atoms with van der Waals surface area (Å²) in [5.74, 6) is 0.272. The van der Waals surface area contributed by atoms with Crippen molar-refractivity contribution < 1.29 is 9.90 Å². The number of phenols is 1. The zero-order valence-corrected chi connectivity index (χ0v) is 9.94. The Balaban J connectivity index is 2.66. The van der Waals surface area contributed by atoms with Crippen LogP contribution in [0, 0.1) is 0 Å². The first-order valence-electron chi connectivity index (χ1n) is 5.73. The van der Waals surface area contributed by atoms with Gasteiger partial charge in [-0.05, 0) is 19.4 Å². The summed E-state index contributed by atoms with van der Waals surface area (Å²) in [5, 5.41) is 9.57. The van der Waals surface area contributed by atoms with E-state index in [0.29, 0.717) is 5.56 Å². The monoisotopic (exact) mass is 221 g/mol. The van der Waals surface area contributed by atoms with Crippen LogP contribution in [0.5, 0.6) is 5.75 Å². The highest BCUT2D eigenvalue weighted by molar-refractivity contribution is 5.79. The van der Waals surface area contributed by atoms with Crippen molar-refractivity contribution in [1.82, 2.24) is 4.90 Å². The highest BCUT2D eigenvalue weighted by Gasteiger charge is 2.12. The molecule has 0 unspecified atom stereocenters. The minimum absolute atomic E-state index is 0.0749. The normalized spacial score (nSPS) is 10.1. The van der Waals surface area contributed by atoms with E-state index in [-0.39, 0.29) is 18.1 Å². The molecule has 3 heteroatoms. The summed E-state index contributed by atoms with van der Waals surface area (Å²) in [6.07, 6.45) is 1.24. The van der Waals surface area contributed by atoms with Gasteiger partial charge in [-0.3, -0.25) is 4.79 Å². The summed E-state index contributed by atoms with van der Waals surface area (Å²) in [6, 6.07) is 6.98. The quantitative estimate of drug-likeness (QED) is 0.828. The third-order valence-corrected chi connectivity index (χ3v) is 2.56. The maximum Gasteiger partial charge on any atom is 0.227 e. The minimum atomic E-state index is 0.0749. The predicted octanol–water partition coefficient (Wildman–Crippen LogP) is 2.19. The molecule has 0 fully saturated rings. The van der Waals surface area contributed by atoms with E-state index in [0.717, 1.165) is 19.5 Å². The number of rotatable bonds is 5. The van der Waals surface area contributed by atoms with Gasteiger partial charge in [-0.15, -0.1) is 0 Å². The van der Waals surface area contributed by atoms with Gasteiger partial charge in [-0.2, -0.15) is 0 Å². The summed E-state index contributed by atoms with van der Waals surface area (Å²) in [4.78, 5) is 13.7. The van der Waals surface area contributed by atoms with Crippen LogP contribution in [0.15, 0.2) is 24.3 Å². The molecule has 1 amide bonds. The van der Waals surface area contributed by atoms with E-state index in [1.807, 2.05) is 17.9 Å². The van der Waals surface area contributed by atoms with Crippen molar-refractivity contribution >= 4 is 5.91 Å². The van der Waals surface area contributed by atoms with E-state index in [4.69, 9.17) is 0 Å². The first-order valence-corrected chi connectivity index (χ1v) is 5.73. The minimum Gasteiger partial charge on any atom is -0.508 e. The Morgan fingerprint density at radius 2 is 2.00 bits per heavy atom. The van der Waals surface area contributed by atoms with Gasteiger partial charge < -0.3 is 10.0 Å². The summed E-state index contributed by atoms with van der Waals surface area (Å²) in [6.45, 7) is 5.53. The highest BCUT2D eigenvalue weighted by atomic mass is 16.3. The van der Waals surface area contributed by atoms with Gasteiger partial charge in [0.15, 0.2) is 0 Å². The van der Waals surface area contributed by atoms with E-state index in [9.17, 15) is 9.90 Å². The number of nitrogens with zero attached hydrogens (tertiary/aromatic N) is 1. The molecule has 1 rings (SSSR count). The maximum absolute atomic E-state index is 11.9. The van der Waals surface area contributed by atoms with Crippen LogP contribution < -0.4 is 0 Å². The Morgan fingerprint density at radius 1 is 1.31 bits per heavy atom. The maximum atomic E-state index is 11.9. The molecule has 88 valence electrons. The average Bonchev–Trinajstić information content (AvgIpc) is 2.29. The van der Waals surface area contributed by atoms with Crippen molar-refractivity contribution in [2.24, 2.45) is 0 Å². The Kier molecular flexibility index (Phi) is 4.83. The van der Waals surface area contributed by atoms with E-state index in [2.05, 4.69) is 6.92 Å². The number of carbonyl (C=O) groups is 1. The topological polar surface area (TPSA) is 40.5 Å². The molecule has 0 aliphatic rings. The second-order valence-electron chi connectivity index (χ2n) is 3.78. The van der Waals surface area contributed by atoms with Crippen LogP contribution in [0.4, 0.5) is 0 Å². The van der Waals surface area contributed by atoms with Gasteiger partial charge in [0.25, 0.3) is 0 Å². The number of hydrogen-bond acceptors (Lipinski definition) is 2. The van der Waals surface area contributed by atoms with Crippen LogP contribution in [0.25, 0.3) is 0 Å². The average molecular weight is 221 g/mol. The molecule has 0 spiro atoms. The SMILES string of the molecule is CCCN(CC)C(=O)Cc1ccccc1O. The molecule has 0 heterocycles. The van der Waals surface area contributed by atoms with E-state index < -0.39 is 0 Å². The van der Waals surface area contributed by atoms with Crippen molar-refractivity contribution in [1.29, 1.82) is 0 Å². The van der Waals surface area contributed by atoms with Crippen LogP contribution in [0.3, 0.4) is 0 Å². The Morgan fingerprint density at radius 3 is 2.56 bits per heavy atom. The van der Waals surface area contributed by atoms with Crippen molar-refractivity contribution in [3.05, 3.63) is 29.8 Å². The number of para-hydroxylation sites is 1. The van der Waals surface area contributed by atoms with Gasteiger partial charge >= 0.3 is 0 Å². The third kappa shape index (κ3) is 3.26. The smallest absolute Gasteiger partial charge is 0.227 e. The zero-order chi connectivity index (χ0) is 12.0. The summed E-state index contributed by atoms with van der Waals surface area (Å²) < 4.78 is 0. The fraction of sp³-hybridized carbons (Fsp3) is 0.462. The molecule has 1 aromatic rings. The fourth-order valence-electron chi connectivity index (χ4n) is 1.66. The lowest BCUT2D eigenvalue weighted by molar-refractivity contribution is -0.130. The second kappa shape index (κ2) is 6.16. The number of aromatic hydroxyl groups is 1. The largest absolute Gasteiger partial charge is 0.508 e. The third-order valence-electron chi connectivity index (χ3n) is 2.56. The molecule has 0 aromatic heterocycles. The van der Waals surface area contributed by atoms with Crippen molar-refractivity contribution in [3.8, 4) is 5.75 Å². The molecule has 0 aliphatic carbocycles. The molecule has 1 aromatic carbocycles. The molecule has 16 heavy (non-hydrogen) atoms. The molecule has 0 saturated heterocycles. The Labute approximate surface area is 96.7 Å². The number of benzene rings is 1. The molecule has 0 saturated carbocycles. The van der Waals surface area contributed by atoms with Gasteiger partial charge in [0.05, 0.1) is 6.42 Å². The number of carbonyl (C=O) groups excluding carboxylic acids is 1. The molecule has 3 nitrogen and oxygen atoms in total. The van der Waals surface area contributed by atoms with Crippen LogP contribution in [-0.2, 0) is 11.2 Å². The lowest BCUT2D eigenvalue weighted by Gasteiger charge is -2.20. The number of likely N-dealkylation sites (N-methyl/N-ethyl adjacent to an activating group) is 1. The predicted molar refractivity (Wildman–Crippen MR) is 64.4 cm³/mol. The van der Waals surface area contributed by atoms with Crippen LogP contribution in [0.1, 0.15) is 25.8 Å². The van der Waals surface area contributed by atoms with E-state index in [1.54, 1.807) is 18.2 Å². The number of amides is 1. The molecule has 0 aliphatic heterocycles. The van der Waals surface area contributed by atoms with E-state index in [1.165, 1.54) is 0 Å². The van der Waals surface area contributed by atoms with Crippen molar-refractivity contribution in [3.63, 3.8) is 0 Å². The van der Waals surface area contributed by atoms with Crippen molar-refractivity contribution in [2.75, 3.05) is 13.1 Å². The Bertz CT molecular complexity index is 350. The standard InChI is InChI=1S/C13H19NO2/c1-3-9-14(4-2)13(16)10-11-7-5-6-8-12(11)15/h5-8,15H,3-4,9-10H2,1-2H3. The summed E-state index contributed by atoms with van der Waals surface area (Å²) >= 11 is 0. The molecule has 0 atom stereocenters. The van der Waals surface area contributed by atoms with Crippen molar-refractivity contribution in [2.45, 2.75) is 26.7 Å². The second-order valence-corrected chi connectivity index (χ2v) is 3.78. The van der Waals surface area contributed by atoms with Gasteiger partial charge in [-0.1, -0.05) is 25.1 Å². The van der Waals surface area contributed by atoms with Crippen LogP contribution in [-0.4, -0.2) is 29.0 Å². The molecular formula is C13H19NO2. The molecule has 0 bridgehead atoms. The zero-order valence-electron chi connectivity index (χ0n) is 9.94. The lowest BCUT2D eigenvalue weighted by Crippen LogP contribution is -2.32. The van der Waals surface area contributed by atoms with Crippen LogP contribution >= 0.6 is 0 Å². The lowest BCUT2D eigenvalue weighted by atomic mass is 10.1. The van der Waals surface area contributed by atoms with Crippen LogP contribution in [0.2, 0.25) is 0 Å². The number of hydrogen-bond donors (Lipinski definition) is 1.